The number of primary amides is 1. The van der Waals surface area contributed by atoms with E-state index in [2.05, 4.69) is 16.0 Å². The minimum Gasteiger partial charge on any atom is -0.481 e. The summed E-state index contributed by atoms with van der Waals surface area (Å²) < 4.78 is 0. The van der Waals surface area contributed by atoms with Gasteiger partial charge in [-0.3, -0.25) is 24.0 Å². The summed E-state index contributed by atoms with van der Waals surface area (Å²) in [6, 6.07) is -5.52. The van der Waals surface area contributed by atoms with Gasteiger partial charge in [0.2, 0.25) is 23.6 Å². The number of rotatable bonds is 15. The molecule has 0 bridgehead atoms. The fourth-order valence-electron chi connectivity index (χ4n) is 2.66. The summed E-state index contributed by atoms with van der Waals surface area (Å²) in [7, 11) is 0. The average Bonchev–Trinajstić information content (AvgIpc) is 2.69. The zero-order valence-electron chi connectivity index (χ0n) is 18.7. The number of amides is 4. The summed E-state index contributed by atoms with van der Waals surface area (Å²) in [5, 5.41) is 34.6. The van der Waals surface area contributed by atoms with Gasteiger partial charge in [-0.15, -0.1) is 0 Å². The lowest BCUT2D eigenvalue weighted by Gasteiger charge is -2.27. The topological polar surface area (TPSA) is 251 Å². The fraction of sp³-hybridized carbons (Fsp3) is 0.684. The molecule has 188 valence electrons. The molecule has 4 amide bonds. The number of aliphatic carboxylic acids is 2. The lowest BCUT2D eigenvalue weighted by molar-refractivity contribution is -0.144. The molecule has 0 radical (unpaired) electrons. The summed E-state index contributed by atoms with van der Waals surface area (Å²) in [6.07, 6.45) is -2.63. The third-order valence-corrected chi connectivity index (χ3v) is 4.61. The molecule has 0 aromatic heterocycles. The van der Waals surface area contributed by atoms with Crippen LogP contribution in [0.3, 0.4) is 0 Å². The molecule has 14 heteroatoms. The zero-order valence-corrected chi connectivity index (χ0v) is 18.7. The SMILES string of the molecule is CC(C)C(NC(=O)C(NC(=O)C(CCC(N)=O)NC(=O)C(N)CCC(=O)O)C(C)O)C(=O)O. The van der Waals surface area contributed by atoms with Crippen molar-refractivity contribution in [2.75, 3.05) is 0 Å². The number of carbonyl (C=O) groups is 6. The van der Waals surface area contributed by atoms with Crippen molar-refractivity contribution in [1.29, 1.82) is 0 Å². The molecule has 10 N–H and O–H groups in total. The van der Waals surface area contributed by atoms with Crippen LogP contribution in [0.2, 0.25) is 0 Å². The Morgan fingerprint density at radius 1 is 0.788 bits per heavy atom. The van der Waals surface area contributed by atoms with Crippen LogP contribution < -0.4 is 27.4 Å². The molecule has 5 atom stereocenters. The predicted molar refractivity (Wildman–Crippen MR) is 113 cm³/mol. The van der Waals surface area contributed by atoms with Crippen LogP contribution in [-0.2, 0) is 28.8 Å². The lowest BCUT2D eigenvalue weighted by Crippen LogP contribution is -2.60. The molecule has 0 rings (SSSR count). The van der Waals surface area contributed by atoms with E-state index in [1.165, 1.54) is 6.92 Å². The third kappa shape index (κ3) is 11.2. The number of aliphatic hydroxyl groups excluding tert-OH is 1. The first-order chi connectivity index (χ1) is 15.2. The van der Waals surface area contributed by atoms with Gasteiger partial charge < -0.3 is 42.7 Å². The third-order valence-electron chi connectivity index (χ3n) is 4.61. The van der Waals surface area contributed by atoms with Crippen LogP contribution in [-0.4, -0.2) is 81.2 Å². The fourth-order valence-corrected chi connectivity index (χ4v) is 2.66. The summed E-state index contributed by atoms with van der Waals surface area (Å²) in [5.74, 6) is -6.56. The standard InChI is InChI=1S/C19H33N5O9/c1-8(2)14(19(32)33)23-18(31)15(9(3)25)24-17(30)11(5-6-12(21)26)22-16(29)10(20)4-7-13(27)28/h8-11,14-15,25H,4-7,20H2,1-3H3,(H2,21,26)(H,22,29)(H,23,31)(H,24,30)(H,27,28)(H,32,33). The molecular formula is C19H33N5O9. The molecular weight excluding hydrogens is 442 g/mol. The quantitative estimate of drug-likeness (QED) is 0.119. The lowest BCUT2D eigenvalue weighted by atomic mass is 10.0. The van der Waals surface area contributed by atoms with Gasteiger partial charge in [-0.1, -0.05) is 13.8 Å². The van der Waals surface area contributed by atoms with E-state index in [1.54, 1.807) is 13.8 Å². The van der Waals surface area contributed by atoms with E-state index in [1.807, 2.05) is 0 Å². The van der Waals surface area contributed by atoms with Crippen LogP contribution in [0.5, 0.6) is 0 Å². The molecule has 5 unspecified atom stereocenters. The highest BCUT2D eigenvalue weighted by molar-refractivity contribution is 5.94. The van der Waals surface area contributed by atoms with E-state index < -0.39 is 78.2 Å². The Balaban J connectivity index is 5.46. The molecule has 0 aliphatic heterocycles. The number of carbonyl (C=O) groups excluding carboxylic acids is 4. The summed E-state index contributed by atoms with van der Waals surface area (Å²) in [5.41, 5.74) is 10.7. The first-order valence-electron chi connectivity index (χ1n) is 10.2. The Hall–Kier alpha value is -3.26. The molecule has 0 aromatic rings. The summed E-state index contributed by atoms with van der Waals surface area (Å²) in [4.78, 5) is 70.6. The molecule has 0 aromatic carbocycles. The van der Waals surface area contributed by atoms with E-state index in [0.29, 0.717) is 0 Å². The number of aliphatic hydroxyl groups is 1. The molecule has 0 fully saturated rings. The first-order valence-corrected chi connectivity index (χ1v) is 10.2. The normalized spacial score (nSPS) is 15.5. The second kappa shape index (κ2) is 14.0. The van der Waals surface area contributed by atoms with Crippen molar-refractivity contribution in [3.63, 3.8) is 0 Å². The van der Waals surface area contributed by atoms with Crippen molar-refractivity contribution in [3.05, 3.63) is 0 Å². The molecule has 14 nitrogen and oxygen atoms in total. The number of nitrogens with two attached hydrogens (primary N) is 2. The minimum absolute atomic E-state index is 0.212. The molecule has 33 heavy (non-hydrogen) atoms. The molecule has 0 aliphatic carbocycles. The van der Waals surface area contributed by atoms with Crippen LogP contribution >= 0.6 is 0 Å². The zero-order chi connectivity index (χ0) is 25.9. The number of carboxylic acid groups (broad SMARTS) is 2. The molecule has 0 saturated carbocycles. The van der Waals surface area contributed by atoms with Gasteiger partial charge in [0.1, 0.15) is 18.1 Å². The summed E-state index contributed by atoms with van der Waals surface area (Å²) in [6.45, 7) is 4.30. The molecule has 0 spiro atoms. The van der Waals surface area contributed by atoms with E-state index in [0.717, 1.165) is 0 Å². The van der Waals surface area contributed by atoms with Gasteiger partial charge >= 0.3 is 11.9 Å². The van der Waals surface area contributed by atoms with E-state index in [9.17, 15) is 39.0 Å². The van der Waals surface area contributed by atoms with Gasteiger partial charge in [-0.2, -0.15) is 0 Å². The Morgan fingerprint density at radius 3 is 1.76 bits per heavy atom. The smallest absolute Gasteiger partial charge is 0.326 e. The minimum atomic E-state index is -1.58. The maximum absolute atomic E-state index is 12.7. The van der Waals surface area contributed by atoms with Crippen molar-refractivity contribution in [2.45, 2.75) is 76.7 Å². The molecule has 0 heterocycles. The molecule has 0 saturated heterocycles. The van der Waals surface area contributed by atoms with Gasteiger partial charge in [-0.25, -0.2) is 4.79 Å². The van der Waals surface area contributed by atoms with E-state index in [4.69, 9.17) is 16.6 Å². The first kappa shape index (κ1) is 29.7. The maximum Gasteiger partial charge on any atom is 0.326 e. The second-order valence-electron chi connectivity index (χ2n) is 7.90. The van der Waals surface area contributed by atoms with E-state index in [-0.39, 0.29) is 19.3 Å². The Kier molecular flexibility index (Phi) is 12.6. The number of hydrogen-bond donors (Lipinski definition) is 8. The number of nitrogens with one attached hydrogen (secondary N) is 3. The van der Waals surface area contributed by atoms with Crippen molar-refractivity contribution >= 4 is 35.6 Å². The number of hydrogen-bond acceptors (Lipinski definition) is 8. The monoisotopic (exact) mass is 475 g/mol. The predicted octanol–water partition coefficient (Wildman–Crippen LogP) is -2.98. The van der Waals surface area contributed by atoms with Crippen molar-refractivity contribution in [3.8, 4) is 0 Å². The highest BCUT2D eigenvalue weighted by Crippen LogP contribution is 2.06. The van der Waals surface area contributed by atoms with Crippen LogP contribution in [0.25, 0.3) is 0 Å². The summed E-state index contributed by atoms with van der Waals surface area (Å²) >= 11 is 0. The molecule has 0 aliphatic rings. The van der Waals surface area contributed by atoms with Gasteiger partial charge in [0.15, 0.2) is 0 Å². The van der Waals surface area contributed by atoms with Gasteiger partial charge in [-0.05, 0) is 25.7 Å². The van der Waals surface area contributed by atoms with Gasteiger partial charge in [0.05, 0.1) is 12.1 Å². The van der Waals surface area contributed by atoms with Gasteiger partial charge in [0.25, 0.3) is 0 Å². The highest BCUT2D eigenvalue weighted by atomic mass is 16.4. The average molecular weight is 475 g/mol. The Labute approximate surface area is 190 Å². The van der Waals surface area contributed by atoms with Crippen LogP contribution in [0, 0.1) is 5.92 Å². The second-order valence-corrected chi connectivity index (χ2v) is 7.90. The highest BCUT2D eigenvalue weighted by Gasteiger charge is 2.33. The Morgan fingerprint density at radius 2 is 1.33 bits per heavy atom. The van der Waals surface area contributed by atoms with Crippen LogP contribution in [0.1, 0.15) is 46.5 Å². The van der Waals surface area contributed by atoms with Crippen molar-refractivity contribution < 1.29 is 44.1 Å². The van der Waals surface area contributed by atoms with E-state index >= 15 is 0 Å². The van der Waals surface area contributed by atoms with Gasteiger partial charge in [0, 0.05) is 12.8 Å². The number of carboxylic acids is 2. The van der Waals surface area contributed by atoms with Crippen molar-refractivity contribution in [1.82, 2.24) is 16.0 Å². The van der Waals surface area contributed by atoms with Crippen LogP contribution in [0.4, 0.5) is 0 Å². The Bertz CT molecular complexity index is 741. The maximum atomic E-state index is 12.7. The van der Waals surface area contributed by atoms with Crippen LogP contribution in [0.15, 0.2) is 0 Å². The largest absolute Gasteiger partial charge is 0.481 e. The van der Waals surface area contributed by atoms with Crippen molar-refractivity contribution in [2.24, 2.45) is 17.4 Å².